The third kappa shape index (κ3) is 7.44. The topological polar surface area (TPSA) is 38.7 Å². The zero-order chi connectivity index (χ0) is 40.1. The van der Waals surface area contributed by atoms with Gasteiger partial charge in [-0.1, -0.05) is 200 Å². The highest BCUT2D eigenvalue weighted by Gasteiger charge is 2.11. The first-order valence-electron chi connectivity index (χ1n) is 20.2. The largest absolute Gasteiger partial charge is 0.255 e. The molecule has 0 radical (unpaired) electrons. The minimum atomic E-state index is 0.987. The second-order valence-electron chi connectivity index (χ2n) is 14.9. The number of hydrogen-bond donors (Lipinski definition) is 0. The van der Waals surface area contributed by atoms with E-state index in [1.165, 1.54) is 0 Å². The maximum atomic E-state index is 4.97. The first-order chi connectivity index (χ1) is 29.7. The number of fused-ring (bicyclic) bond motifs is 3. The quantitative estimate of drug-likeness (QED) is 0.147. The Hall–Kier alpha value is -8.01. The summed E-state index contributed by atoms with van der Waals surface area (Å²) in [6.07, 6.45) is 19.1. The Bertz CT molecular complexity index is 2880. The van der Waals surface area contributed by atoms with Crippen molar-refractivity contribution in [1.29, 1.82) is 0 Å². The molecule has 0 saturated heterocycles. The number of hydrogen-bond acceptors (Lipinski definition) is 3. The average molecular weight is 766 g/mol. The molecule has 0 fully saturated rings. The summed E-state index contributed by atoms with van der Waals surface area (Å²) in [5.41, 5.74) is 12.7. The van der Waals surface area contributed by atoms with Crippen molar-refractivity contribution in [2.45, 2.75) is 0 Å². The van der Waals surface area contributed by atoms with Crippen LogP contribution in [0.2, 0.25) is 0 Å². The van der Waals surface area contributed by atoms with Crippen molar-refractivity contribution in [2.24, 2.45) is 0 Å². The van der Waals surface area contributed by atoms with E-state index in [2.05, 4.69) is 200 Å². The van der Waals surface area contributed by atoms with Crippen LogP contribution in [0.15, 0.2) is 201 Å². The van der Waals surface area contributed by atoms with Crippen LogP contribution in [-0.4, -0.2) is 15.0 Å². The number of benzene rings is 7. The minimum Gasteiger partial charge on any atom is -0.255 e. The van der Waals surface area contributed by atoms with E-state index in [9.17, 15) is 0 Å². The summed E-state index contributed by atoms with van der Waals surface area (Å²) in [6.45, 7) is 0. The van der Waals surface area contributed by atoms with Gasteiger partial charge in [-0.2, -0.15) is 0 Å². The van der Waals surface area contributed by atoms with E-state index in [0.29, 0.717) is 0 Å². The molecular formula is C57H39N3. The molecule has 0 unspecified atom stereocenters. The van der Waals surface area contributed by atoms with E-state index in [1.807, 2.05) is 36.8 Å². The number of rotatable bonds is 9. The maximum absolute atomic E-state index is 4.97. The van der Waals surface area contributed by atoms with Gasteiger partial charge in [0.15, 0.2) is 0 Å². The van der Waals surface area contributed by atoms with Gasteiger partial charge in [-0.25, -0.2) is 0 Å². The van der Waals surface area contributed by atoms with E-state index >= 15 is 0 Å². The summed E-state index contributed by atoms with van der Waals surface area (Å²) in [4.78, 5) is 14.9. The fourth-order valence-electron chi connectivity index (χ4n) is 8.07. The number of pyridine rings is 3. The van der Waals surface area contributed by atoms with Crippen molar-refractivity contribution in [2.75, 3.05) is 0 Å². The highest BCUT2D eigenvalue weighted by atomic mass is 14.7. The van der Waals surface area contributed by atoms with Gasteiger partial charge in [-0.05, 0) is 51.0 Å². The SMILES string of the molecule is C(=C\c1cnc(-c2ccccc2)c2ccccc12)/c1cc(/C=C/c2cnc(-c3ccccc3)c3ccccc23)cc(/C=C/c2cnc(-c3ccccc3)c3ccccc23)c1. The predicted octanol–water partition coefficient (Wildman–Crippen LogP) is 14.8. The third-order valence-electron chi connectivity index (χ3n) is 11.0. The molecule has 282 valence electrons. The second-order valence-corrected chi connectivity index (χ2v) is 14.9. The summed E-state index contributed by atoms with van der Waals surface area (Å²) >= 11 is 0. The third-order valence-corrected chi connectivity index (χ3v) is 11.0. The minimum absolute atomic E-state index is 0.987. The van der Waals surface area contributed by atoms with E-state index in [4.69, 9.17) is 15.0 Å². The van der Waals surface area contributed by atoms with Gasteiger partial charge in [0, 0.05) is 68.1 Å². The van der Waals surface area contributed by atoms with Gasteiger partial charge >= 0.3 is 0 Å². The van der Waals surface area contributed by atoms with Gasteiger partial charge < -0.3 is 0 Å². The Balaban J connectivity index is 1.05. The van der Waals surface area contributed by atoms with Crippen molar-refractivity contribution < 1.29 is 0 Å². The van der Waals surface area contributed by atoms with Crippen LogP contribution in [0.5, 0.6) is 0 Å². The molecule has 0 aliphatic rings. The monoisotopic (exact) mass is 765 g/mol. The molecule has 0 bridgehead atoms. The normalized spacial score (nSPS) is 11.8. The molecule has 3 aromatic heterocycles. The fourth-order valence-corrected chi connectivity index (χ4v) is 8.07. The predicted molar refractivity (Wildman–Crippen MR) is 255 cm³/mol. The molecule has 60 heavy (non-hydrogen) atoms. The summed E-state index contributed by atoms with van der Waals surface area (Å²) < 4.78 is 0. The highest BCUT2D eigenvalue weighted by Crippen LogP contribution is 2.33. The zero-order valence-corrected chi connectivity index (χ0v) is 32.9. The van der Waals surface area contributed by atoms with Crippen molar-refractivity contribution >= 4 is 68.8 Å². The lowest BCUT2D eigenvalue weighted by atomic mass is 9.98. The Morgan fingerprint density at radius 1 is 0.250 bits per heavy atom. The molecule has 0 amide bonds. The van der Waals surface area contributed by atoms with Crippen molar-refractivity contribution in [3.8, 4) is 33.8 Å². The van der Waals surface area contributed by atoms with Gasteiger partial charge in [-0.3, -0.25) is 15.0 Å². The molecule has 10 aromatic rings. The molecule has 0 aliphatic carbocycles. The van der Waals surface area contributed by atoms with Crippen LogP contribution in [0, 0.1) is 0 Å². The summed E-state index contributed by atoms with van der Waals surface area (Å²) in [5.74, 6) is 0. The van der Waals surface area contributed by atoms with E-state index < -0.39 is 0 Å². The molecule has 0 N–H and O–H groups in total. The smallest absolute Gasteiger partial charge is 0.0780 e. The second kappa shape index (κ2) is 16.5. The first-order valence-corrected chi connectivity index (χ1v) is 20.2. The Kier molecular flexibility index (Phi) is 9.97. The highest BCUT2D eigenvalue weighted by molar-refractivity contribution is 6.03. The molecule has 7 aromatic carbocycles. The van der Waals surface area contributed by atoms with Gasteiger partial charge in [0.05, 0.1) is 17.1 Å². The van der Waals surface area contributed by atoms with E-state index in [1.54, 1.807) is 0 Å². The van der Waals surface area contributed by atoms with Crippen molar-refractivity contribution in [3.05, 3.63) is 234 Å². The maximum Gasteiger partial charge on any atom is 0.0780 e. The molecule has 0 aliphatic heterocycles. The molecule has 10 rings (SSSR count). The summed E-state index contributed by atoms with van der Waals surface area (Å²) in [7, 11) is 0. The van der Waals surface area contributed by atoms with E-state index in [-0.39, 0.29) is 0 Å². The van der Waals surface area contributed by atoms with Crippen LogP contribution in [-0.2, 0) is 0 Å². The van der Waals surface area contributed by atoms with Gasteiger partial charge in [0.1, 0.15) is 0 Å². The number of aromatic nitrogens is 3. The van der Waals surface area contributed by atoms with Crippen LogP contribution in [0.1, 0.15) is 33.4 Å². The standard InChI is InChI=1S/C57H39N3/c1-4-16-43(17-5-1)55-52-25-13-10-22-49(52)46(37-58-55)31-28-40-34-41(29-32-47-38-59-56(44-18-6-2-7-19-44)53-26-14-11-23-50(47)53)36-42(35-40)30-33-48-39-60-57(45-20-8-3-9-21-45)54-27-15-12-24-51(48)54/h1-39H/b31-28+,32-29+,33-30+. The number of nitrogens with zero attached hydrogens (tertiary/aromatic N) is 3. The lowest BCUT2D eigenvalue weighted by Gasteiger charge is -2.10. The molecule has 3 heteroatoms. The van der Waals surface area contributed by atoms with Gasteiger partial charge in [-0.15, -0.1) is 0 Å². The molecule has 0 atom stereocenters. The average Bonchev–Trinajstić information content (AvgIpc) is 3.32. The summed E-state index contributed by atoms with van der Waals surface area (Å²) in [5, 5.41) is 6.87. The lowest BCUT2D eigenvalue weighted by Crippen LogP contribution is -1.90. The lowest BCUT2D eigenvalue weighted by molar-refractivity contribution is 1.35. The van der Waals surface area contributed by atoms with Gasteiger partial charge in [0.25, 0.3) is 0 Å². The Morgan fingerprint density at radius 3 is 0.783 bits per heavy atom. The van der Waals surface area contributed by atoms with Crippen LogP contribution in [0.3, 0.4) is 0 Å². The van der Waals surface area contributed by atoms with Crippen LogP contribution < -0.4 is 0 Å². The molecular weight excluding hydrogens is 727 g/mol. The molecule has 3 heterocycles. The van der Waals surface area contributed by atoms with Crippen LogP contribution in [0.4, 0.5) is 0 Å². The Labute approximate surface area is 350 Å². The fraction of sp³-hybridized carbons (Fsp3) is 0. The van der Waals surface area contributed by atoms with E-state index in [0.717, 1.165) is 99.5 Å². The van der Waals surface area contributed by atoms with Crippen LogP contribution in [0.25, 0.3) is 103 Å². The van der Waals surface area contributed by atoms with Crippen LogP contribution >= 0.6 is 0 Å². The summed E-state index contributed by atoms with van der Waals surface area (Å²) in [6, 6.07) is 63.4. The van der Waals surface area contributed by atoms with Crippen molar-refractivity contribution in [3.63, 3.8) is 0 Å². The molecule has 0 spiro atoms. The first kappa shape index (κ1) is 36.3. The zero-order valence-electron chi connectivity index (χ0n) is 32.9. The van der Waals surface area contributed by atoms with Crippen molar-refractivity contribution in [1.82, 2.24) is 15.0 Å². The molecule has 3 nitrogen and oxygen atoms in total. The Morgan fingerprint density at radius 2 is 0.500 bits per heavy atom. The van der Waals surface area contributed by atoms with Gasteiger partial charge in [0.2, 0.25) is 0 Å². The molecule has 0 saturated carbocycles.